The van der Waals surface area contributed by atoms with Gasteiger partial charge in [-0.3, -0.25) is 0 Å². The summed E-state index contributed by atoms with van der Waals surface area (Å²) in [6.07, 6.45) is 4.08. The van der Waals surface area contributed by atoms with Crippen molar-refractivity contribution in [2.24, 2.45) is 0 Å². The van der Waals surface area contributed by atoms with E-state index in [4.69, 9.17) is 0 Å². The van der Waals surface area contributed by atoms with Gasteiger partial charge in [-0.15, -0.1) is 0 Å². The lowest BCUT2D eigenvalue weighted by atomic mass is 10.1. The smallest absolute Gasteiger partial charge is 0.0825 e. The molecule has 0 unspecified atom stereocenters. The molecule has 0 amide bonds. The molecule has 0 aliphatic carbocycles. The average Bonchev–Trinajstić information content (AvgIpc) is 2.65. The molecule has 1 heterocycles. The van der Waals surface area contributed by atoms with Gasteiger partial charge < -0.3 is 28.5 Å². The molecular formula is C13H20IN. The number of hydrogen-bond acceptors (Lipinski definition) is 0. The highest BCUT2D eigenvalue weighted by atomic mass is 127. The molecule has 1 nitrogen and oxygen atoms in total. The Morgan fingerprint density at radius 3 is 2.27 bits per heavy atom. The van der Waals surface area contributed by atoms with Crippen molar-refractivity contribution in [3.8, 4) is 0 Å². The van der Waals surface area contributed by atoms with E-state index in [9.17, 15) is 0 Å². The van der Waals surface area contributed by atoms with Crippen LogP contribution in [0.3, 0.4) is 0 Å². The number of nitrogens with zero attached hydrogens (tertiary/aromatic N) is 1. The second-order valence-electron chi connectivity index (χ2n) is 4.73. The Bertz CT molecular complexity index is 278. The molecule has 0 spiro atoms. The van der Waals surface area contributed by atoms with E-state index in [-0.39, 0.29) is 24.0 Å². The summed E-state index contributed by atoms with van der Waals surface area (Å²) in [5, 5.41) is 0. The van der Waals surface area contributed by atoms with E-state index in [0.717, 1.165) is 0 Å². The fourth-order valence-electron chi connectivity index (χ4n) is 2.37. The summed E-state index contributed by atoms with van der Waals surface area (Å²) in [5.74, 6) is 0. The van der Waals surface area contributed by atoms with Crippen LogP contribution in [0.4, 0.5) is 0 Å². The Hall–Kier alpha value is -0.0900. The molecule has 2 rings (SSSR count). The minimum atomic E-state index is 0. The summed E-state index contributed by atoms with van der Waals surface area (Å²) >= 11 is 0. The number of rotatable bonds is 3. The van der Waals surface area contributed by atoms with Gasteiger partial charge in [0.15, 0.2) is 0 Å². The number of quaternary nitrogens is 1. The van der Waals surface area contributed by atoms with E-state index in [0.29, 0.717) is 0 Å². The van der Waals surface area contributed by atoms with Crippen LogP contribution in [0.25, 0.3) is 0 Å². The molecule has 1 aromatic carbocycles. The SMILES string of the molecule is C[N+]1(CCc2ccccc2)CCCC1.[I-]. The number of likely N-dealkylation sites (tertiary alicyclic amines) is 1. The Morgan fingerprint density at radius 2 is 1.67 bits per heavy atom. The molecule has 1 aliphatic heterocycles. The first kappa shape index (κ1) is 13.0. The molecule has 1 aromatic rings. The standard InChI is InChI=1S/C13H20N.HI/c1-14(10-5-6-11-14)12-9-13-7-3-2-4-8-13;/h2-4,7-8H,5-6,9-12H2,1H3;1H/q+1;/p-1. The summed E-state index contributed by atoms with van der Waals surface area (Å²) in [4.78, 5) is 0. The van der Waals surface area contributed by atoms with Gasteiger partial charge in [0.2, 0.25) is 0 Å². The van der Waals surface area contributed by atoms with Crippen LogP contribution in [0.5, 0.6) is 0 Å². The van der Waals surface area contributed by atoms with Crippen LogP contribution in [0.15, 0.2) is 30.3 Å². The zero-order valence-electron chi connectivity index (χ0n) is 9.45. The predicted octanol–water partition coefficient (Wildman–Crippen LogP) is -0.526. The fraction of sp³-hybridized carbons (Fsp3) is 0.538. The van der Waals surface area contributed by atoms with Crippen molar-refractivity contribution in [1.82, 2.24) is 0 Å². The minimum Gasteiger partial charge on any atom is -1.00 e. The third-order valence-corrected chi connectivity index (χ3v) is 3.43. The van der Waals surface area contributed by atoms with E-state index in [1.165, 1.54) is 48.9 Å². The van der Waals surface area contributed by atoms with Crippen molar-refractivity contribution in [2.75, 3.05) is 26.7 Å². The first-order valence-corrected chi connectivity index (χ1v) is 5.66. The highest BCUT2D eigenvalue weighted by molar-refractivity contribution is 5.14. The maximum Gasteiger partial charge on any atom is 0.0825 e. The highest BCUT2D eigenvalue weighted by Crippen LogP contribution is 2.17. The fourth-order valence-corrected chi connectivity index (χ4v) is 2.37. The molecule has 0 atom stereocenters. The van der Waals surface area contributed by atoms with Crippen molar-refractivity contribution in [2.45, 2.75) is 19.3 Å². The summed E-state index contributed by atoms with van der Waals surface area (Å²) in [5.41, 5.74) is 1.48. The molecule has 0 bridgehead atoms. The summed E-state index contributed by atoms with van der Waals surface area (Å²) in [6, 6.07) is 10.8. The van der Waals surface area contributed by atoms with Gasteiger partial charge in [-0.05, 0) is 5.56 Å². The topological polar surface area (TPSA) is 0 Å². The lowest BCUT2D eigenvalue weighted by Crippen LogP contribution is -3.00. The molecule has 0 radical (unpaired) electrons. The van der Waals surface area contributed by atoms with E-state index in [1.807, 2.05) is 0 Å². The van der Waals surface area contributed by atoms with Gasteiger partial charge in [0.25, 0.3) is 0 Å². The summed E-state index contributed by atoms with van der Waals surface area (Å²) in [7, 11) is 2.40. The van der Waals surface area contributed by atoms with Crippen molar-refractivity contribution in [3.63, 3.8) is 0 Å². The maximum absolute atomic E-state index is 2.40. The van der Waals surface area contributed by atoms with Crippen LogP contribution in [-0.4, -0.2) is 31.2 Å². The molecule has 1 saturated heterocycles. The molecule has 0 saturated carbocycles. The molecular weight excluding hydrogens is 297 g/mol. The van der Waals surface area contributed by atoms with Crippen LogP contribution >= 0.6 is 0 Å². The van der Waals surface area contributed by atoms with Crippen LogP contribution in [0.2, 0.25) is 0 Å². The lowest BCUT2D eigenvalue weighted by Gasteiger charge is -2.29. The minimum absolute atomic E-state index is 0. The third-order valence-electron chi connectivity index (χ3n) is 3.43. The van der Waals surface area contributed by atoms with Crippen molar-refractivity contribution >= 4 is 0 Å². The number of hydrogen-bond donors (Lipinski definition) is 0. The second-order valence-corrected chi connectivity index (χ2v) is 4.73. The Labute approximate surface area is 110 Å². The zero-order chi connectivity index (χ0) is 9.86. The largest absolute Gasteiger partial charge is 1.00 e. The van der Waals surface area contributed by atoms with E-state index < -0.39 is 0 Å². The van der Waals surface area contributed by atoms with Crippen molar-refractivity contribution in [3.05, 3.63) is 35.9 Å². The number of halogens is 1. The quantitative estimate of drug-likeness (QED) is 0.520. The van der Waals surface area contributed by atoms with Crippen LogP contribution in [0, 0.1) is 0 Å². The van der Waals surface area contributed by atoms with Gasteiger partial charge in [0.05, 0.1) is 26.7 Å². The van der Waals surface area contributed by atoms with E-state index >= 15 is 0 Å². The molecule has 1 aliphatic rings. The summed E-state index contributed by atoms with van der Waals surface area (Å²) < 4.78 is 1.29. The molecule has 2 heteroatoms. The predicted molar refractivity (Wildman–Crippen MR) is 60.2 cm³/mol. The van der Waals surface area contributed by atoms with Crippen molar-refractivity contribution < 1.29 is 28.5 Å². The Balaban J connectivity index is 0.00000112. The van der Waals surface area contributed by atoms with Crippen LogP contribution < -0.4 is 24.0 Å². The number of benzene rings is 1. The number of likely N-dealkylation sites (N-methyl/N-ethyl adjacent to an activating group) is 1. The van der Waals surface area contributed by atoms with Gasteiger partial charge in [0.1, 0.15) is 0 Å². The molecule has 1 fully saturated rings. The van der Waals surface area contributed by atoms with E-state index in [2.05, 4.69) is 37.4 Å². The van der Waals surface area contributed by atoms with Gasteiger partial charge in [0, 0.05) is 19.3 Å². The third kappa shape index (κ3) is 3.76. The van der Waals surface area contributed by atoms with Gasteiger partial charge >= 0.3 is 0 Å². The Kier molecular flexibility index (Phi) is 5.06. The lowest BCUT2D eigenvalue weighted by molar-refractivity contribution is -0.897. The van der Waals surface area contributed by atoms with Gasteiger partial charge in [-0.2, -0.15) is 0 Å². The molecule has 0 aromatic heterocycles. The van der Waals surface area contributed by atoms with Gasteiger partial charge in [-0.25, -0.2) is 0 Å². The highest BCUT2D eigenvalue weighted by Gasteiger charge is 2.25. The van der Waals surface area contributed by atoms with E-state index in [1.54, 1.807) is 0 Å². The average molecular weight is 317 g/mol. The summed E-state index contributed by atoms with van der Waals surface area (Å²) in [6.45, 7) is 4.07. The van der Waals surface area contributed by atoms with Gasteiger partial charge in [-0.1, -0.05) is 30.3 Å². The zero-order valence-corrected chi connectivity index (χ0v) is 11.6. The van der Waals surface area contributed by atoms with Crippen molar-refractivity contribution in [1.29, 1.82) is 0 Å². The molecule has 0 N–H and O–H groups in total. The second kappa shape index (κ2) is 5.85. The van der Waals surface area contributed by atoms with Crippen LogP contribution in [0.1, 0.15) is 18.4 Å². The van der Waals surface area contributed by atoms with Crippen LogP contribution in [-0.2, 0) is 6.42 Å². The first-order chi connectivity index (χ1) is 6.79. The molecule has 84 valence electrons. The normalized spacial score (nSPS) is 18.5. The Morgan fingerprint density at radius 1 is 1.07 bits per heavy atom. The first-order valence-electron chi connectivity index (χ1n) is 5.66. The maximum atomic E-state index is 2.40. The monoisotopic (exact) mass is 317 g/mol. The molecule has 15 heavy (non-hydrogen) atoms.